The molecule has 0 bridgehead atoms. The summed E-state index contributed by atoms with van der Waals surface area (Å²) in [5.74, 6) is -0.835. The van der Waals surface area contributed by atoms with Crippen molar-refractivity contribution in [3.8, 4) is 5.75 Å². The third-order valence-corrected chi connectivity index (χ3v) is 9.36. The van der Waals surface area contributed by atoms with Crippen LogP contribution in [0.15, 0.2) is 18.2 Å². The van der Waals surface area contributed by atoms with E-state index >= 15 is 0 Å². The molecular weight excluding hydrogens is 537 g/mol. The number of benzene rings is 1. The molecular formula is C26H29F3N4O5S. The van der Waals surface area contributed by atoms with Gasteiger partial charge in [0.2, 0.25) is 10.0 Å². The fourth-order valence-corrected chi connectivity index (χ4v) is 7.12. The van der Waals surface area contributed by atoms with Crippen molar-refractivity contribution in [1.29, 1.82) is 0 Å². The molecule has 3 aliphatic carbocycles. The van der Waals surface area contributed by atoms with Gasteiger partial charge in [0.15, 0.2) is 6.61 Å². The van der Waals surface area contributed by atoms with Crippen LogP contribution < -0.4 is 14.8 Å². The predicted octanol–water partition coefficient (Wildman–Crippen LogP) is 3.22. The molecule has 0 unspecified atom stereocenters. The predicted molar refractivity (Wildman–Crippen MR) is 133 cm³/mol. The van der Waals surface area contributed by atoms with Crippen LogP contribution >= 0.6 is 0 Å². The number of carbonyl (C=O) groups excluding carboxylic acids is 2. The molecule has 1 aliphatic heterocycles. The first kappa shape index (κ1) is 26.1. The van der Waals surface area contributed by atoms with Crippen molar-refractivity contribution in [1.82, 2.24) is 19.8 Å². The molecule has 13 heteroatoms. The molecule has 0 saturated heterocycles. The number of halogens is 3. The lowest BCUT2D eigenvalue weighted by molar-refractivity contribution is -0.153. The van der Waals surface area contributed by atoms with Crippen LogP contribution in [0.2, 0.25) is 0 Å². The van der Waals surface area contributed by atoms with Crippen LogP contribution in [0.3, 0.4) is 0 Å². The molecule has 1 aromatic carbocycles. The number of aromatic nitrogens is 2. The molecule has 39 heavy (non-hydrogen) atoms. The summed E-state index contributed by atoms with van der Waals surface area (Å²) in [6.45, 7) is -1.00. The Morgan fingerprint density at radius 1 is 1.21 bits per heavy atom. The van der Waals surface area contributed by atoms with Crippen LogP contribution in [0, 0.1) is 11.8 Å². The van der Waals surface area contributed by atoms with Crippen LogP contribution in [0.5, 0.6) is 5.75 Å². The Balaban J connectivity index is 1.29. The summed E-state index contributed by atoms with van der Waals surface area (Å²) in [6, 6.07) is 4.69. The Morgan fingerprint density at radius 2 is 1.95 bits per heavy atom. The Hall–Kier alpha value is -3.09. The second kappa shape index (κ2) is 9.24. The van der Waals surface area contributed by atoms with E-state index in [1.807, 2.05) is 0 Å². The van der Waals surface area contributed by atoms with Gasteiger partial charge >= 0.3 is 6.18 Å². The first-order valence-electron chi connectivity index (χ1n) is 13.2. The molecule has 0 radical (unpaired) electrons. The molecule has 9 nitrogen and oxygen atoms in total. The molecule has 2 N–H and O–H groups in total. The van der Waals surface area contributed by atoms with Gasteiger partial charge < -0.3 is 10.1 Å². The molecule has 1 aromatic heterocycles. The lowest BCUT2D eigenvalue weighted by Crippen LogP contribution is -2.50. The van der Waals surface area contributed by atoms with Gasteiger partial charge in [0.05, 0.1) is 22.5 Å². The summed E-state index contributed by atoms with van der Waals surface area (Å²) in [7, 11) is -3.86. The fraction of sp³-hybridized carbons (Fsp3) is 0.577. The molecule has 210 valence electrons. The smallest absolute Gasteiger partial charge is 0.422 e. The number of hydrogen-bond donors (Lipinski definition) is 2. The number of ether oxygens (including phenoxy) is 1. The molecule has 4 aliphatic rings. The van der Waals surface area contributed by atoms with Gasteiger partial charge in [-0.25, -0.2) is 13.1 Å². The lowest BCUT2D eigenvalue weighted by Gasteiger charge is -2.35. The average molecular weight is 567 g/mol. The lowest BCUT2D eigenvalue weighted by atomic mass is 9.82. The van der Waals surface area contributed by atoms with Crippen molar-refractivity contribution >= 4 is 21.8 Å². The average Bonchev–Trinajstić information content (AvgIpc) is 3.77. The minimum absolute atomic E-state index is 0.0495. The van der Waals surface area contributed by atoms with Crippen molar-refractivity contribution in [3.05, 3.63) is 46.3 Å². The number of nitrogens with zero attached hydrogens (tertiary/aromatic N) is 2. The minimum atomic E-state index is -4.45. The number of carbonyl (C=O) groups is 2. The fourth-order valence-electron chi connectivity index (χ4n) is 5.71. The summed E-state index contributed by atoms with van der Waals surface area (Å²) in [4.78, 5) is 26.8. The maximum atomic E-state index is 13.5. The zero-order chi connectivity index (χ0) is 27.6. The van der Waals surface area contributed by atoms with Crippen LogP contribution in [0.1, 0.15) is 76.2 Å². The summed E-state index contributed by atoms with van der Waals surface area (Å²) >= 11 is 0. The number of sulfonamides is 1. The second-order valence-electron chi connectivity index (χ2n) is 11.2. The summed E-state index contributed by atoms with van der Waals surface area (Å²) in [6.07, 6.45) is 1.42. The number of rotatable bonds is 9. The highest BCUT2D eigenvalue weighted by molar-refractivity contribution is 7.90. The summed E-state index contributed by atoms with van der Waals surface area (Å²) in [5.41, 5.74) is 1.15. The zero-order valence-corrected chi connectivity index (χ0v) is 22.0. The molecule has 2 heterocycles. The van der Waals surface area contributed by atoms with Crippen LogP contribution in [-0.4, -0.2) is 48.5 Å². The van der Waals surface area contributed by atoms with Gasteiger partial charge in [-0.05, 0) is 67.2 Å². The first-order chi connectivity index (χ1) is 18.4. The molecule has 2 saturated carbocycles. The third-order valence-electron chi connectivity index (χ3n) is 7.95. The van der Waals surface area contributed by atoms with Crippen LogP contribution in [0.4, 0.5) is 13.2 Å². The van der Waals surface area contributed by atoms with Crippen molar-refractivity contribution in [2.45, 2.75) is 69.6 Å². The number of amides is 2. The Morgan fingerprint density at radius 3 is 2.64 bits per heavy atom. The summed E-state index contributed by atoms with van der Waals surface area (Å²) in [5, 5.41) is 7.67. The van der Waals surface area contributed by atoms with Crippen molar-refractivity contribution in [3.63, 3.8) is 0 Å². The van der Waals surface area contributed by atoms with E-state index in [0.29, 0.717) is 31.0 Å². The minimum Gasteiger partial charge on any atom is -0.484 e. The largest absolute Gasteiger partial charge is 0.484 e. The molecule has 1 atom stereocenters. The number of alkyl halides is 3. The van der Waals surface area contributed by atoms with Gasteiger partial charge in [0.25, 0.3) is 11.8 Å². The van der Waals surface area contributed by atoms with Gasteiger partial charge in [-0.1, -0.05) is 18.9 Å². The van der Waals surface area contributed by atoms with Gasteiger partial charge in [-0.15, -0.1) is 0 Å². The van der Waals surface area contributed by atoms with E-state index in [0.717, 1.165) is 43.2 Å². The normalized spacial score (nSPS) is 22.4. The molecule has 6 rings (SSSR count). The van der Waals surface area contributed by atoms with Gasteiger partial charge in [-0.3, -0.25) is 14.3 Å². The van der Waals surface area contributed by atoms with Gasteiger partial charge in [0, 0.05) is 13.0 Å². The molecule has 2 amide bonds. The highest BCUT2D eigenvalue weighted by Gasteiger charge is 2.47. The van der Waals surface area contributed by atoms with E-state index in [4.69, 9.17) is 4.74 Å². The first-order valence-corrected chi connectivity index (χ1v) is 14.9. The second-order valence-corrected chi connectivity index (χ2v) is 13.0. The monoisotopic (exact) mass is 566 g/mol. The molecule has 2 fully saturated rings. The van der Waals surface area contributed by atoms with E-state index in [9.17, 15) is 31.2 Å². The topological polar surface area (TPSA) is 119 Å². The van der Waals surface area contributed by atoms with Crippen LogP contribution in [0.25, 0.3) is 0 Å². The molecule has 1 spiro atoms. The quantitative estimate of drug-likeness (QED) is 0.481. The van der Waals surface area contributed by atoms with Crippen LogP contribution in [-0.2, 0) is 34.9 Å². The number of nitrogens with one attached hydrogen (secondary N) is 2. The number of fused-ring (bicyclic) bond motifs is 3. The Bertz CT molecular complexity index is 1450. The van der Waals surface area contributed by atoms with E-state index in [1.54, 1.807) is 12.1 Å². The maximum absolute atomic E-state index is 13.5. The van der Waals surface area contributed by atoms with E-state index < -0.39 is 40.2 Å². The highest BCUT2D eigenvalue weighted by Crippen LogP contribution is 2.44. The zero-order valence-electron chi connectivity index (χ0n) is 21.1. The van der Waals surface area contributed by atoms with E-state index in [1.165, 1.54) is 10.7 Å². The summed E-state index contributed by atoms with van der Waals surface area (Å²) < 4.78 is 71.4. The molecule has 2 aromatic rings. The standard InChI is InChI=1S/C26H29F3N4O5S/c27-26(28,29)14-38-18-5-6-19-17(11-18)7-9-25(19)12-20-21(23(34)30-25)22(33(31-20)10-8-15-1-2-15)24(35)32-39(36,37)13-16-3-4-16/h5-6,11,15-16H,1-4,7-10,12-14H2,(H,30,34)(H,32,35)/t25-/m0/s1. The van der Waals surface area contributed by atoms with E-state index in [2.05, 4.69) is 15.1 Å². The number of aryl methyl sites for hydroxylation is 2. The SMILES string of the molecule is O=C1N[C@@]2(CCc3cc(OCC(F)(F)F)ccc32)Cc2nn(CCC3CC3)c(C(=O)NS(=O)(=O)CC3CC3)c21. The maximum Gasteiger partial charge on any atom is 0.422 e. The van der Waals surface area contributed by atoms with Crippen molar-refractivity contribution < 1.29 is 35.9 Å². The third kappa shape index (κ3) is 5.50. The Labute approximate surface area is 223 Å². The Kier molecular flexibility index (Phi) is 6.20. The van der Waals surface area contributed by atoms with E-state index in [-0.39, 0.29) is 35.1 Å². The van der Waals surface area contributed by atoms with Gasteiger partial charge in [-0.2, -0.15) is 18.3 Å². The highest BCUT2D eigenvalue weighted by atomic mass is 32.2. The van der Waals surface area contributed by atoms with Crippen molar-refractivity contribution in [2.75, 3.05) is 12.4 Å². The van der Waals surface area contributed by atoms with Crippen molar-refractivity contribution in [2.24, 2.45) is 11.8 Å². The van der Waals surface area contributed by atoms with Gasteiger partial charge in [0.1, 0.15) is 11.4 Å². The number of hydrogen-bond acceptors (Lipinski definition) is 6.